The van der Waals surface area contributed by atoms with Crippen molar-refractivity contribution >= 4 is 0 Å². The van der Waals surface area contributed by atoms with Gasteiger partial charge in [-0.15, -0.1) is 0 Å². The summed E-state index contributed by atoms with van der Waals surface area (Å²) < 4.78 is 0. The summed E-state index contributed by atoms with van der Waals surface area (Å²) in [6, 6.07) is 4.03. The van der Waals surface area contributed by atoms with E-state index in [0.29, 0.717) is 11.8 Å². The number of pyridine rings is 1. The van der Waals surface area contributed by atoms with Crippen molar-refractivity contribution in [2.45, 2.75) is 52.1 Å². The Bertz CT molecular complexity index is 371. The lowest BCUT2D eigenvalue weighted by molar-refractivity contribution is -0.0298. The van der Waals surface area contributed by atoms with Crippen LogP contribution in [0.3, 0.4) is 0 Å². The molecule has 1 aromatic rings. The SMILES string of the molecule is Cc1ccc(C2(O)CCCC(C(C)C)C2)cn1. The summed E-state index contributed by atoms with van der Waals surface area (Å²) in [5.74, 6) is 1.29. The minimum Gasteiger partial charge on any atom is -0.385 e. The van der Waals surface area contributed by atoms with Crippen LogP contribution in [0.1, 0.15) is 50.8 Å². The van der Waals surface area contributed by atoms with Gasteiger partial charge in [0.05, 0.1) is 5.60 Å². The van der Waals surface area contributed by atoms with Crippen LogP contribution in [0.5, 0.6) is 0 Å². The largest absolute Gasteiger partial charge is 0.385 e. The summed E-state index contributed by atoms with van der Waals surface area (Å²) in [5, 5.41) is 10.8. The van der Waals surface area contributed by atoms with E-state index < -0.39 is 5.60 Å². The fraction of sp³-hybridized carbons (Fsp3) is 0.667. The monoisotopic (exact) mass is 233 g/mol. The quantitative estimate of drug-likeness (QED) is 0.849. The molecular weight excluding hydrogens is 210 g/mol. The Balaban J connectivity index is 2.20. The molecule has 94 valence electrons. The van der Waals surface area contributed by atoms with Gasteiger partial charge in [-0.3, -0.25) is 4.98 Å². The zero-order valence-electron chi connectivity index (χ0n) is 11.1. The second-order valence-corrected chi connectivity index (χ2v) is 5.82. The molecule has 2 atom stereocenters. The van der Waals surface area contributed by atoms with E-state index in [1.54, 1.807) is 0 Å². The van der Waals surface area contributed by atoms with Crippen LogP contribution in [-0.2, 0) is 5.60 Å². The minimum absolute atomic E-state index is 0.634. The van der Waals surface area contributed by atoms with Gasteiger partial charge in [-0.25, -0.2) is 0 Å². The van der Waals surface area contributed by atoms with E-state index in [0.717, 1.165) is 30.5 Å². The van der Waals surface area contributed by atoms with E-state index >= 15 is 0 Å². The van der Waals surface area contributed by atoms with Gasteiger partial charge in [-0.1, -0.05) is 19.9 Å². The van der Waals surface area contributed by atoms with Crippen LogP contribution in [0.4, 0.5) is 0 Å². The van der Waals surface area contributed by atoms with Crippen LogP contribution >= 0.6 is 0 Å². The molecule has 1 aliphatic carbocycles. The highest BCUT2D eigenvalue weighted by molar-refractivity contribution is 5.21. The van der Waals surface area contributed by atoms with Gasteiger partial charge in [0, 0.05) is 17.5 Å². The lowest BCUT2D eigenvalue weighted by atomic mass is 9.71. The third-order valence-electron chi connectivity index (χ3n) is 4.16. The number of aromatic nitrogens is 1. The van der Waals surface area contributed by atoms with Crippen LogP contribution in [0.25, 0.3) is 0 Å². The van der Waals surface area contributed by atoms with Crippen LogP contribution in [-0.4, -0.2) is 10.1 Å². The molecule has 2 heteroatoms. The number of hydrogen-bond donors (Lipinski definition) is 1. The van der Waals surface area contributed by atoms with Gasteiger partial charge in [0.2, 0.25) is 0 Å². The third-order valence-corrected chi connectivity index (χ3v) is 4.16. The molecule has 17 heavy (non-hydrogen) atoms. The van der Waals surface area contributed by atoms with Gasteiger partial charge in [-0.05, 0) is 50.5 Å². The maximum absolute atomic E-state index is 10.8. The minimum atomic E-state index is -0.645. The van der Waals surface area contributed by atoms with Gasteiger partial charge in [0.25, 0.3) is 0 Å². The van der Waals surface area contributed by atoms with E-state index in [1.807, 2.05) is 25.3 Å². The standard InChI is InChI=1S/C15H23NO/c1-11(2)13-5-4-8-15(17,9-13)14-7-6-12(3)16-10-14/h6-7,10-11,13,17H,4-5,8-9H2,1-3H3. The van der Waals surface area contributed by atoms with E-state index in [2.05, 4.69) is 18.8 Å². The number of aryl methyl sites for hydroxylation is 1. The molecule has 0 radical (unpaired) electrons. The van der Waals surface area contributed by atoms with E-state index in [9.17, 15) is 5.11 Å². The predicted molar refractivity (Wildman–Crippen MR) is 69.7 cm³/mol. The smallest absolute Gasteiger partial charge is 0.0914 e. The lowest BCUT2D eigenvalue weighted by Crippen LogP contribution is -2.34. The lowest BCUT2D eigenvalue weighted by Gasteiger charge is -2.38. The van der Waals surface area contributed by atoms with Crippen molar-refractivity contribution in [1.82, 2.24) is 4.98 Å². The van der Waals surface area contributed by atoms with Gasteiger partial charge >= 0.3 is 0 Å². The average Bonchev–Trinajstić information content (AvgIpc) is 2.29. The molecule has 0 aliphatic heterocycles. The Kier molecular flexibility index (Phi) is 3.53. The van der Waals surface area contributed by atoms with Crippen molar-refractivity contribution in [1.29, 1.82) is 0 Å². The van der Waals surface area contributed by atoms with Crippen LogP contribution in [0.2, 0.25) is 0 Å². The first-order chi connectivity index (χ1) is 8.01. The Morgan fingerprint density at radius 1 is 1.41 bits per heavy atom. The first kappa shape index (κ1) is 12.6. The molecule has 0 aromatic carbocycles. The summed E-state index contributed by atoms with van der Waals surface area (Å²) in [6.45, 7) is 6.49. The van der Waals surface area contributed by atoms with Crippen molar-refractivity contribution in [2.24, 2.45) is 11.8 Å². The Hall–Kier alpha value is -0.890. The van der Waals surface area contributed by atoms with E-state index in [-0.39, 0.29) is 0 Å². The first-order valence-corrected chi connectivity index (χ1v) is 6.67. The second-order valence-electron chi connectivity index (χ2n) is 5.82. The van der Waals surface area contributed by atoms with Crippen molar-refractivity contribution in [3.05, 3.63) is 29.6 Å². The van der Waals surface area contributed by atoms with E-state index in [4.69, 9.17) is 0 Å². The average molecular weight is 233 g/mol. The normalized spacial score (nSPS) is 29.6. The molecule has 2 nitrogen and oxygen atoms in total. The maximum atomic E-state index is 10.8. The van der Waals surface area contributed by atoms with Crippen LogP contribution < -0.4 is 0 Å². The molecule has 1 aromatic heterocycles. The molecule has 2 unspecified atom stereocenters. The topological polar surface area (TPSA) is 33.1 Å². The number of aliphatic hydroxyl groups is 1. The highest BCUT2D eigenvalue weighted by atomic mass is 16.3. The third kappa shape index (κ3) is 2.68. The molecule has 2 rings (SSSR count). The Morgan fingerprint density at radius 2 is 2.18 bits per heavy atom. The number of rotatable bonds is 2. The van der Waals surface area contributed by atoms with Crippen molar-refractivity contribution < 1.29 is 5.11 Å². The molecule has 1 saturated carbocycles. The zero-order chi connectivity index (χ0) is 12.5. The Labute approximate surface area is 104 Å². The molecule has 0 saturated heterocycles. The van der Waals surface area contributed by atoms with Crippen LogP contribution in [0, 0.1) is 18.8 Å². The molecule has 1 aliphatic rings. The molecule has 1 N–H and O–H groups in total. The number of hydrogen-bond acceptors (Lipinski definition) is 2. The molecule has 0 amide bonds. The summed E-state index contributed by atoms with van der Waals surface area (Å²) in [4.78, 5) is 4.31. The summed E-state index contributed by atoms with van der Waals surface area (Å²) in [7, 11) is 0. The first-order valence-electron chi connectivity index (χ1n) is 6.67. The molecular formula is C15H23NO. The molecule has 1 heterocycles. The maximum Gasteiger partial charge on any atom is 0.0914 e. The summed E-state index contributed by atoms with van der Waals surface area (Å²) in [6.07, 6.45) is 5.97. The fourth-order valence-electron chi connectivity index (χ4n) is 2.87. The van der Waals surface area contributed by atoms with Gasteiger partial charge in [-0.2, -0.15) is 0 Å². The van der Waals surface area contributed by atoms with E-state index in [1.165, 1.54) is 6.42 Å². The van der Waals surface area contributed by atoms with Crippen LogP contribution in [0.15, 0.2) is 18.3 Å². The second kappa shape index (κ2) is 4.77. The van der Waals surface area contributed by atoms with Gasteiger partial charge in [0.1, 0.15) is 0 Å². The number of nitrogens with zero attached hydrogens (tertiary/aromatic N) is 1. The predicted octanol–water partition coefficient (Wildman–Crippen LogP) is 3.42. The van der Waals surface area contributed by atoms with Crippen molar-refractivity contribution in [3.63, 3.8) is 0 Å². The van der Waals surface area contributed by atoms with Gasteiger partial charge < -0.3 is 5.11 Å². The molecule has 0 bridgehead atoms. The fourth-order valence-corrected chi connectivity index (χ4v) is 2.87. The van der Waals surface area contributed by atoms with Gasteiger partial charge in [0.15, 0.2) is 0 Å². The zero-order valence-corrected chi connectivity index (χ0v) is 11.1. The molecule has 0 spiro atoms. The summed E-state index contributed by atoms with van der Waals surface area (Å²) >= 11 is 0. The Morgan fingerprint density at radius 3 is 2.76 bits per heavy atom. The highest BCUT2D eigenvalue weighted by Gasteiger charge is 2.36. The highest BCUT2D eigenvalue weighted by Crippen LogP contribution is 2.42. The molecule has 1 fully saturated rings. The van der Waals surface area contributed by atoms with Crippen molar-refractivity contribution in [3.8, 4) is 0 Å². The summed E-state index contributed by atoms with van der Waals surface area (Å²) in [5.41, 5.74) is 1.36. The van der Waals surface area contributed by atoms with Crippen molar-refractivity contribution in [2.75, 3.05) is 0 Å².